The quantitative estimate of drug-likeness (QED) is 0.769. The lowest BCUT2D eigenvalue weighted by Crippen LogP contribution is -2.10. The highest BCUT2D eigenvalue weighted by Crippen LogP contribution is 2.32. The fourth-order valence-corrected chi connectivity index (χ4v) is 3.64. The van der Waals surface area contributed by atoms with Gasteiger partial charge in [-0.2, -0.15) is 4.98 Å². The summed E-state index contributed by atoms with van der Waals surface area (Å²) in [7, 11) is 0. The largest absolute Gasteiger partial charge is 0.338 e. The summed E-state index contributed by atoms with van der Waals surface area (Å²) in [4.78, 5) is 17.4. The summed E-state index contributed by atoms with van der Waals surface area (Å²) in [6.07, 6.45) is 4.61. The number of hydrogen-bond donors (Lipinski definition) is 0. The van der Waals surface area contributed by atoms with E-state index in [1.807, 2.05) is 12.1 Å². The van der Waals surface area contributed by atoms with Crippen LogP contribution < -0.4 is 0 Å². The van der Waals surface area contributed by atoms with Crippen LogP contribution in [0.5, 0.6) is 0 Å². The highest BCUT2D eigenvalue weighted by atomic mass is 79.9. The fourth-order valence-electron chi connectivity index (χ4n) is 2.33. The van der Waals surface area contributed by atoms with Crippen molar-refractivity contribution in [2.24, 2.45) is 0 Å². The molecule has 1 saturated carbocycles. The van der Waals surface area contributed by atoms with Gasteiger partial charge in [-0.1, -0.05) is 18.0 Å². The molecule has 0 aliphatic heterocycles. The third kappa shape index (κ3) is 2.79. The third-order valence-corrected chi connectivity index (χ3v) is 4.96. The number of Topliss-reactive ketones (excluding diaryl/α,β-unsaturated/α-hetero) is 1. The second-order valence-electron chi connectivity index (χ2n) is 4.68. The second-order valence-corrected chi connectivity index (χ2v) is 7.14. The van der Waals surface area contributed by atoms with Crippen molar-refractivity contribution in [2.45, 2.75) is 38.0 Å². The predicted molar refractivity (Wildman–Crippen MR) is 76.1 cm³/mol. The van der Waals surface area contributed by atoms with Crippen LogP contribution in [0.3, 0.4) is 0 Å². The van der Waals surface area contributed by atoms with E-state index in [0.717, 1.165) is 34.3 Å². The maximum atomic E-state index is 12.0. The van der Waals surface area contributed by atoms with Gasteiger partial charge in [0.05, 0.1) is 14.6 Å². The molecule has 19 heavy (non-hydrogen) atoms. The lowest BCUT2D eigenvalue weighted by Gasteiger charge is -2.06. The van der Waals surface area contributed by atoms with Crippen molar-refractivity contribution in [3.05, 3.63) is 21.8 Å². The fraction of sp³-hybridized carbons (Fsp3) is 0.462. The summed E-state index contributed by atoms with van der Waals surface area (Å²) in [5.41, 5.74) is 0. The average Bonchev–Trinajstić information content (AvgIpc) is 2.97. The Kier molecular flexibility index (Phi) is 3.79. The molecule has 0 bridgehead atoms. The molecule has 0 aromatic carbocycles. The van der Waals surface area contributed by atoms with E-state index in [1.54, 1.807) is 11.3 Å². The van der Waals surface area contributed by atoms with Crippen LogP contribution in [0.1, 0.15) is 43.9 Å². The molecule has 2 heterocycles. The first-order valence-corrected chi connectivity index (χ1v) is 7.97. The third-order valence-electron chi connectivity index (χ3n) is 3.34. The Bertz CT molecular complexity index is 593. The van der Waals surface area contributed by atoms with Gasteiger partial charge < -0.3 is 4.52 Å². The summed E-state index contributed by atoms with van der Waals surface area (Å²) >= 11 is 4.96. The zero-order valence-electron chi connectivity index (χ0n) is 10.3. The monoisotopic (exact) mass is 340 g/mol. The summed E-state index contributed by atoms with van der Waals surface area (Å²) in [6.45, 7) is 0. The van der Waals surface area contributed by atoms with E-state index in [1.165, 1.54) is 0 Å². The Morgan fingerprint density at radius 3 is 3.00 bits per heavy atom. The van der Waals surface area contributed by atoms with E-state index < -0.39 is 0 Å². The topological polar surface area (TPSA) is 56.0 Å². The first-order valence-electron chi connectivity index (χ1n) is 6.36. The summed E-state index contributed by atoms with van der Waals surface area (Å²) < 4.78 is 6.33. The van der Waals surface area contributed by atoms with E-state index >= 15 is 0 Å². The van der Waals surface area contributed by atoms with Crippen LogP contribution in [0.25, 0.3) is 10.7 Å². The van der Waals surface area contributed by atoms with Crippen LogP contribution >= 0.6 is 27.3 Å². The SMILES string of the molecule is O=C1CCCCCC1c1nc(-c2ccc(Br)s2)no1. The molecule has 0 radical (unpaired) electrons. The van der Waals surface area contributed by atoms with Crippen LogP contribution in [0.4, 0.5) is 0 Å². The van der Waals surface area contributed by atoms with Crippen molar-refractivity contribution < 1.29 is 9.32 Å². The molecule has 1 aliphatic rings. The van der Waals surface area contributed by atoms with Crippen molar-refractivity contribution in [1.29, 1.82) is 0 Å². The van der Waals surface area contributed by atoms with Gasteiger partial charge in [0.15, 0.2) is 0 Å². The number of aromatic nitrogens is 2. The van der Waals surface area contributed by atoms with Crippen LogP contribution in [0.2, 0.25) is 0 Å². The molecule has 0 amide bonds. The van der Waals surface area contributed by atoms with Crippen molar-refractivity contribution in [3.8, 4) is 10.7 Å². The molecule has 2 aromatic rings. The Labute approximate surface area is 123 Å². The van der Waals surface area contributed by atoms with Crippen LogP contribution in [0.15, 0.2) is 20.4 Å². The average molecular weight is 341 g/mol. The minimum atomic E-state index is -0.202. The Balaban J connectivity index is 1.86. The summed E-state index contributed by atoms with van der Waals surface area (Å²) in [6, 6.07) is 3.89. The Morgan fingerprint density at radius 1 is 1.32 bits per heavy atom. The summed E-state index contributed by atoms with van der Waals surface area (Å²) in [5.74, 6) is 1.08. The first-order chi connectivity index (χ1) is 9.24. The van der Waals surface area contributed by atoms with E-state index in [0.29, 0.717) is 18.1 Å². The zero-order valence-corrected chi connectivity index (χ0v) is 12.7. The first kappa shape index (κ1) is 13.0. The molecule has 3 rings (SSSR count). The number of halogens is 1. The van der Waals surface area contributed by atoms with Gasteiger partial charge in [-0.3, -0.25) is 4.79 Å². The molecule has 1 unspecified atom stereocenters. The lowest BCUT2D eigenvalue weighted by molar-refractivity contribution is -0.120. The molecule has 6 heteroatoms. The molecule has 4 nitrogen and oxygen atoms in total. The van der Waals surface area contributed by atoms with Gasteiger partial charge >= 0.3 is 0 Å². The highest BCUT2D eigenvalue weighted by molar-refractivity contribution is 9.11. The maximum absolute atomic E-state index is 12.0. The molecule has 1 atom stereocenters. The van der Waals surface area contributed by atoms with Crippen LogP contribution in [0, 0.1) is 0 Å². The molecule has 1 fully saturated rings. The minimum absolute atomic E-state index is 0.202. The van der Waals surface area contributed by atoms with Gasteiger partial charge in [0, 0.05) is 6.42 Å². The number of hydrogen-bond acceptors (Lipinski definition) is 5. The molecule has 0 saturated heterocycles. The molecule has 2 aromatic heterocycles. The van der Waals surface area contributed by atoms with E-state index in [9.17, 15) is 4.79 Å². The van der Waals surface area contributed by atoms with Crippen LogP contribution in [-0.2, 0) is 4.79 Å². The molecular formula is C13H13BrN2O2S. The predicted octanol–water partition coefficient (Wildman–Crippen LogP) is 4.18. The standard InChI is InChI=1S/C13H13BrN2O2S/c14-11-7-6-10(19-11)12-15-13(18-16-12)8-4-2-1-3-5-9(8)17/h6-8H,1-5H2. The molecule has 0 N–H and O–H groups in total. The number of carbonyl (C=O) groups is 1. The second kappa shape index (κ2) is 5.54. The van der Waals surface area contributed by atoms with Gasteiger partial charge in [0.2, 0.25) is 11.7 Å². The van der Waals surface area contributed by atoms with E-state index in [2.05, 4.69) is 26.1 Å². The van der Waals surface area contributed by atoms with Crippen molar-refractivity contribution in [3.63, 3.8) is 0 Å². The van der Waals surface area contributed by atoms with E-state index in [4.69, 9.17) is 4.52 Å². The lowest BCUT2D eigenvalue weighted by atomic mass is 9.99. The number of rotatable bonds is 2. The number of nitrogens with zero attached hydrogens (tertiary/aromatic N) is 2. The molecule has 100 valence electrons. The van der Waals surface area contributed by atoms with Gasteiger partial charge in [-0.25, -0.2) is 0 Å². The normalized spacial score (nSPS) is 20.5. The van der Waals surface area contributed by atoms with Crippen LogP contribution in [-0.4, -0.2) is 15.9 Å². The maximum Gasteiger partial charge on any atom is 0.237 e. The van der Waals surface area contributed by atoms with Gasteiger partial charge in [0.25, 0.3) is 0 Å². The van der Waals surface area contributed by atoms with Gasteiger partial charge in [0.1, 0.15) is 5.78 Å². The molecule has 1 aliphatic carbocycles. The molecular weight excluding hydrogens is 328 g/mol. The minimum Gasteiger partial charge on any atom is -0.338 e. The number of thiophene rings is 1. The number of ketones is 1. The number of carbonyl (C=O) groups excluding carboxylic acids is 1. The van der Waals surface area contributed by atoms with Crippen molar-refractivity contribution in [2.75, 3.05) is 0 Å². The Morgan fingerprint density at radius 2 is 2.21 bits per heavy atom. The van der Waals surface area contributed by atoms with Gasteiger partial charge in [-0.15, -0.1) is 11.3 Å². The molecule has 0 spiro atoms. The smallest absolute Gasteiger partial charge is 0.237 e. The van der Waals surface area contributed by atoms with Crippen molar-refractivity contribution in [1.82, 2.24) is 10.1 Å². The van der Waals surface area contributed by atoms with E-state index in [-0.39, 0.29) is 11.7 Å². The Hall–Kier alpha value is -1.01. The zero-order chi connectivity index (χ0) is 13.2. The van der Waals surface area contributed by atoms with Crippen molar-refractivity contribution >= 4 is 33.0 Å². The van der Waals surface area contributed by atoms with Gasteiger partial charge in [-0.05, 0) is 40.9 Å². The summed E-state index contributed by atoms with van der Waals surface area (Å²) in [5, 5.41) is 3.99. The highest BCUT2D eigenvalue weighted by Gasteiger charge is 2.28.